The van der Waals surface area contributed by atoms with E-state index >= 15 is 0 Å². The lowest BCUT2D eigenvalue weighted by atomic mass is 10.1. The number of H-pyrrole nitrogens is 1. The van der Waals surface area contributed by atoms with Gasteiger partial charge >= 0.3 is 0 Å². The molecule has 0 fully saturated rings. The molecule has 0 bridgehead atoms. The molecular formula is C15H18N2OS. The van der Waals surface area contributed by atoms with Crippen molar-refractivity contribution in [3.05, 3.63) is 40.3 Å². The summed E-state index contributed by atoms with van der Waals surface area (Å²) in [6, 6.07) is 8.05. The highest BCUT2D eigenvalue weighted by molar-refractivity contribution is 7.71. The lowest BCUT2D eigenvalue weighted by Crippen LogP contribution is -1.97. The lowest BCUT2D eigenvalue weighted by Gasteiger charge is -2.09. The summed E-state index contributed by atoms with van der Waals surface area (Å²) in [4.78, 5) is 7.53. The minimum Gasteiger partial charge on any atom is -0.494 e. The van der Waals surface area contributed by atoms with Gasteiger partial charge in [-0.05, 0) is 50.1 Å². The summed E-state index contributed by atoms with van der Waals surface area (Å²) in [5, 5.41) is 0. The van der Waals surface area contributed by atoms with E-state index in [1.165, 1.54) is 0 Å². The van der Waals surface area contributed by atoms with E-state index < -0.39 is 0 Å². The van der Waals surface area contributed by atoms with Gasteiger partial charge in [0.25, 0.3) is 0 Å². The zero-order valence-corrected chi connectivity index (χ0v) is 12.3. The summed E-state index contributed by atoms with van der Waals surface area (Å²) in [5.41, 5.74) is 3.13. The number of hydrogen-bond donors (Lipinski definition) is 1. The number of aromatic amines is 1. The molecule has 19 heavy (non-hydrogen) atoms. The van der Waals surface area contributed by atoms with Gasteiger partial charge in [-0.15, -0.1) is 0 Å². The van der Waals surface area contributed by atoms with Gasteiger partial charge in [0.1, 0.15) is 16.2 Å². The van der Waals surface area contributed by atoms with Crippen LogP contribution in [0.4, 0.5) is 0 Å². The fraction of sp³-hybridized carbons (Fsp3) is 0.333. The summed E-state index contributed by atoms with van der Waals surface area (Å²) in [6.45, 7) is 6.74. The Morgan fingerprint density at radius 2 is 1.89 bits per heavy atom. The molecule has 2 aromatic rings. The number of nitrogens with zero attached hydrogens (tertiary/aromatic N) is 1. The quantitative estimate of drug-likeness (QED) is 0.849. The van der Waals surface area contributed by atoms with E-state index in [4.69, 9.17) is 17.0 Å². The highest BCUT2D eigenvalue weighted by Crippen LogP contribution is 2.24. The standard InChI is InChI=1S/C15H18N2OS/c1-4-9-18-13-7-5-12(6-8-13)14-10(2)15(19)17-11(3)16-14/h5-8H,4,9H2,1-3H3,(H,16,17,19). The van der Waals surface area contributed by atoms with E-state index in [1.54, 1.807) is 0 Å². The second kappa shape index (κ2) is 5.97. The minimum atomic E-state index is 0.651. The Bertz CT molecular complexity index is 617. The Hall–Kier alpha value is -1.68. The zero-order chi connectivity index (χ0) is 13.8. The molecule has 0 amide bonds. The third kappa shape index (κ3) is 3.20. The summed E-state index contributed by atoms with van der Waals surface area (Å²) in [5.74, 6) is 1.73. The second-order valence-corrected chi connectivity index (χ2v) is 4.89. The van der Waals surface area contributed by atoms with Gasteiger partial charge in [-0.25, -0.2) is 4.98 Å². The SMILES string of the molecule is CCCOc1ccc(-c2[nH]c(C)nc(=S)c2C)cc1. The van der Waals surface area contributed by atoms with Crippen molar-refractivity contribution >= 4 is 12.2 Å². The van der Waals surface area contributed by atoms with Crippen LogP contribution >= 0.6 is 12.2 Å². The normalized spacial score (nSPS) is 10.5. The van der Waals surface area contributed by atoms with Crippen LogP contribution in [0.2, 0.25) is 0 Å². The Labute approximate surface area is 118 Å². The molecule has 0 radical (unpaired) electrons. The van der Waals surface area contributed by atoms with Crippen molar-refractivity contribution in [2.75, 3.05) is 6.61 Å². The van der Waals surface area contributed by atoms with E-state index in [0.717, 1.165) is 41.4 Å². The van der Waals surface area contributed by atoms with E-state index in [2.05, 4.69) is 16.9 Å². The van der Waals surface area contributed by atoms with Crippen LogP contribution in [-0.4, -0.2) is 16.6 Å². The van der Waals surface area contributed by atoms with Crippen LogP contribution in [0, 0.1) is 18.5 Å². The van der Waals surface area contributed by atoms with Crippen molar-refractivity contribution < 1.29 is 4.74 Å². The molecule has 100 valence electrons. The number of hydrogen-bond acceptors (Lipinski definition) is 3. The Kier molecular flexibility index (Phi) is 4.32. The number of benzene rings is 1. The molecule has 0 aliphatic heterocycles. The lowest BCUT2D eigenvalue weighted by molar-refractivity contribution is 0.317. The maximum atomic E-state index is 5.58. The third-order valence-corrected chi connectivity index (χ3v) is 3.28. The average Bonchev–Trinajstić information content (AvgIpc) is 2.41. The molecule has 1 N–H and O–H groups in total. The van der Waals surface area contributed by atoms with E-state index in [9.17, 15) is 0 Å². The van der Waals surface area contributed by atoms with Crippen LogP contribution in [0.25, 0.3) is 11.3 Å². The number of aryl methyl sites for hydroxylation is 1. The number of nitrogens with one attached hydrogen (secondary N) is 1. The molecule has 0 saturated carbocycles. The maximum absolute atomic E-state index is 5.58. The summed E-state index contributed by atoms with van der Waals surface area (Å²) in [7, 11) is 0. The predicted octanol–water partition coefficient (Wildman–Crippen LogP) is 4.21. The van der Waals surface area contributed by atoms with Crippen LogP contribution in [0.1, 0.15) is 24.7 Å². The van der Waals surface area contributed by atoms with Gasteiger partial charge in [-0.3, -0.25) is 0 Å². The molecule has 4 heteroatoms. The van der Waals surface area contributed by atoms with Crippen LogP contribution in [0.3, 0.4) is 0 Å². The number of rotatable bonds is 4. The van der Waals surface area contributed by atoms with Gasteiger partial charge in [0, 0.05) is 5.56 Å². The Balaban J connectivity index is 2.35. The van der Waals surface area contributed by atoms with Crippen molar-refractivity contribution in [1.29, 1.82) is 0 Å². The Morgan fingerprint density at radius 1 is 1.21 bits per heavy atom. The van der Waals surface area contributed by atoms with E-state index in [1.807, 2.05) is 38.1 Å². The van der Waals surface area contributed by atoms with E-state index in [0.29, 0.717) is 4.64 Å². The van der Waals surface area contributed by atoms with Crippen molar-refractivity contribution in [3.63, 3.8) is 0 Å². The summed E-state index contributed by atoms with van der Waals surface area (Å²) < 4.78 is 6.23. The molecule has 0 aliphatic carbocycles. The highest BCUT2D eigenvalue weighted by atomic mass is 32.1. The van der Waals surface area contributed by atoms with Crippen molar-refractivity contribution in [2.24, 2.45) is 0 Å². The molecule has 0 unspecified atom stereocenters. The second-order valence-electron chi connectivity index (χ2n) is 4.50. The first kappa shape index (κ1) is 13.7. The molecular weight excluding hydrogens is 256 g/mol. The fourth-order valence-electron chi connectivity index (χ4n) is 1.87. The third-order valence-electron chi connectivity index (χ3n) is 2.89. The fourth-order valence-corrected chi connectivity index (χ4v) is 2.11. The van der Waals surface area contributed by atoms with Gasteiger partial charge in [-0.1, -0.05) is 19.1 Å². The first-order valence-electron chi connectivity index (χ1n) is 6.42. The molecule has 1 aromatic carbocycles. The van der Waals surface area contributed by atoms with Crippen LogP contribution in [-0.2, 0) is 0 Å². The average molecular weight is 274 g/mol. The molecule has 0 saturated heterocycles. The molecule has 1 aromatic heterocycles. The zero-order valence-electron chi connectivity index (χ0n) is 11.5. The van der Waals surface area contributed by atoms with Crippen molar-refractivity contribution in [2.45, 2.75) is 27.2 Å². The first-order valence-corrected chi connectivity index (χ1v) is 6.83. The van der Waals surface area contributed by atoms with Crippen molar-refractivity contribution in [3.8, 4) is 17.0 Å². The molecule has 0 atom stereocenters. The van der Waals surface area contributed by atoms with E-state index in [-0.39, 0.29) is 0 Å². The van der Waals surface area contributed by atoms with Crippen LogP contribution < -0.4 is 4.74 Å². The molecule has 0 spiro atoms. The topological polar surface area (TPSA) is 37.9 Å². The Morgan fingerprint density at radius 3 is 2.53 bits per heavy atom. The van der Waals surface area contributed by atoms with Gasteiger partial charge in [-0.2, -0.15) is 0 Å². The molecule has 2 rings (SSSR count). The van der Waals surface area contributed by atoms with Gasteiger partial charge in [0.2, 0.25) is 0 Å². The van der Waals surface area contributed by atoms with Gasteiger partial charge < -0.3 is 9.72 Å². The van der Waals surface area contributed by atoms with Crippen LogP contribution in [0.15, 0.2) is 24.3 Å². The molecule has 1 heterocycles. The minimum absolute atomic E-state index is 0.651. The molecule has 0 aliphatic rings. The number of ether oxygens (including phenoxy) is 1. The predicted molar refractivity (Wildman–Crippen MR) is 80.1 cm³/mol. The monoisotopic (exact) mass is 274 g/mol. The van der Waals surface area contributed by atoms with Gasteiger partial charge in [0.05, 0.1) is 12.3 Å². The number of aromatic nitrogens is 2. The maximum Gasteiger partial charge on any atom is 0.133 e. The smallest absolute Gasteiger partial charge is 0.133 e. The first-order chi connectivity index (χ1) is 9.11. The largest absolute Gasteiger partial charge is 0.494 e. The van der Waals surface area contributed by atoms with Gasteiger partial charge in [0.15, 0.2) is 0 Å². The van der Waals surface area contributed by atoms with Crippen molar-refractivity contribution in [1.82, 2.24) is 9.97 Å². The summed E-state index contributed by atoms with van der Waals surface area (Å²) in [6.07, 6.45) is 1.01. The van der Waals surface area contributed by atoms with Crippen LogP contribution in [0.5, 0.6) is 5.75 Å². The summed E-state index contributed by atoms with van der Waals surface area (Å²) >= 11 is 5.26. The highest BCUT2D eigenvalue weighted by Gasteiger charge is 2.06. The molecule has 3 nitrogen and oxygen atoms in total.